The fourth-order valence-electron chi connectivity index (χ4n) is 2.28. The van der Waals surface area contributed by atoms with Gasteiger partial charge in [-0.2, -0.15) is 5.26 Å². The predicted molar refractivity (Wildman–Crippen MR) is 72.8 cm³/mol. The summed E-state index contributed by atoms with van der Waals surface area (Å²) in [6.07, 6.45) is 0. The first-order chi connectivity index (χ1) is 9.10. The molecule has 94 valence electrons. The topological polar surface area (TPSA) is 77.4 Å². The first kappa shape index (κ1) is 11.4. The lowest BCUT2D eigenvalue weighted by atomic mass is 10.1. The Morgan fingerprint density at radius 3 is 2.63 bits per heavy atom. The highest BCUT2D eigenvalue weighted by molar-refractivity contribution is 5.81. The molecule has 0 amide bonds. The molecular formula is C14H12N4O. The zero-order chi connectivity index (χ0) is 13.6. The summed E-state index contributed by atoms with van der Waals surface area (Å²) in [6.45, 7) is 1.92. The summed E-state index contributed by atoms with van der Waals surface area (Å²) in [5, 5.41) is 9.06. The smallest absolute Gasteiger partial charge is 0.323 e. The van der Waals surface area contributed by atoms with Crippen molar-refractivity contribution in [2.24, 2.45) is 7.05 Å². The maximum atomic E-state index is 11.2. The summed E-state index contributed by atoms with van der Waals surface area (Å²) in [4.78, 5) is 16.7. The molecule has 3 rings (SSSR count). The third-order valence-electron chi connectivity index (χ3n) is 3.47. The van der Waals surface area contributed by atoms with E-state index in [4.69, 9.17) is 5.26 Å². The Morgan fingerprint density at radius 1 is 1.21 bits per heavy atom. The van der Waals surface area contributed by atoms with Crippen molar-refractivity contribution in [1.82, 2.24) is 14.5 Å². The van der Waals surface area contributed by atoms with E-state index in [2.05, 4.69) is 16.0 Å². The van der Waals surface area contributed by atoms with Crippen LogP contribution >= 0.6 is 0 Å². The third kappa shape index (κ3) is 1.66. The lowest BCUT2D eigenvalue weighted by Gasteiger charge is -2.05. The second-order valence-corrected chi connectivity index (χ2v) is 4.54. The number of nitriles is 1. The zero-order valence-electron chi connectivity index (χ0n) is 10.6. The molecule has 5 nitrogen and oxygen atoms in total. The van der Waals surface area contributed by atoms with Crippen LogP contribution in [0.4, 0.5) is 0 Å². The molecule has 2 N–H and O–H groups in total. The van der Waals surface area contributed by atoms with Gasteiger partial charge in [0.25, 0.3) is 0 Å². The van der Waals surface area contributed by atoms with Crippen molar-refractivity contribution in [1.29, 1.82) is 5.26 Å². The average Bonchev–Trinajstić information content (AvgIpc) is 2.90. The molecule has 2 aromatic heterocycles. The lowest BCUT2D eigenvalue weighted by Crippen LogP contribution is -1.99. The van der Waals surface area contributed by atoms with Crippen LogP contribution in [0.5, 0.6) is 0 Å². The Morgan fingerprint density at radius 2 is 1.95 bits per heavy atom. The second kappa shape index (κ2) is 3.89. The molecule has 0 aliphatic heterocycles. The molecule has 0 saturated heterocycles. The SMILES string of the molecule is Cc1c(C#N)cc(-c2ccc3[nH]c(=O)[nH]c3c2)n1C. The number of benzene rings is 1. The Bertz CT molecular complexity index is 873. The van der Waals surface area contributed by atoms with Gasteiger partial charge in [0.1, 0.15) is 6.07 Å². The van der Waals surface area contributed by atoms with Crippen LogP contribution in [0.15, 0.2) is 29.1 Å². The number of hydrogen-bond donors (Lipinski definition) is 2. The van der Waals surface area contributed by atoms with Crippen LogP contribution in [0, 0.1) is 18.3 Å². The standard InChI is InChI=1S/C14H12N4O/c1-8-10(7-15)6-13(18(8)2)9-3-4-11-12(5-9)17-14(19)16-11/h3-6H,1-2H3,(H2,16,17,19). The molecule has 19 heavy (non-hydrogen) atoms. The quantitative estimate of drug-likeness (QED) is 0.695. The summed E-state index contributed by atoms with van der Waals surface area (Å²) in [5.41, 5.74) is 4.85. The van der Waals surface area contributed by atoms with Gasteiger partial charge >= 0.3 is 5.69 Å². The summed E-state index contributed by atoms with van der Waals surface area (Å²) >= 11 is 0. The van der Waals surface area contributed by atoms with Crippen LogP contribution in [-0.2, 0) is 7.05 Å². The van der Waals surface area contributed by atoms with Crippen LogP contribution in [0.25, 0.3) is 22.3 Å². The normalized spacial score (nSPS) is 10.8. The average molecular weight is 252 g/mol. The van der Waals surface area contributed by atoms with Gasteiger partial charge in [0, 0.05) is 24.0 Å². The van der Waals surface area contributed by atoms with Crippen molar-refractivity contribution in [3.63, 3.8) is 0 Å². The van der Waals surface area contributed by atoms with Crippen molar-refractivity contribution < 1.29 is 0 Å². The molecule has 0 saturated carbocycles. The van der Waals surface area contributed by atoms with Crippen molar-refractivity contribution in [2.45, 2.75) is 6.92 Å². The highest BCUT2D eigenvalue weighted by Gasteiger charge is 2.11. The highest BCUT2D eigenvalue weighted by atomic mass is 16.1. The van der Waals surface area contributed by atoms with Crippen molar-refractivity contribution in [2.75, 3.05) is 0 Å². The number of H-pyrrole nitrogens is 2. The van der Waals surface area contributed by atoms with E-state index >= 15 is 0 Å². The first-order valence-electron chi connectivity index (χ1n) is 5.89. The van der Waals surface area contributed by atoms with Crippen molar-refractivity contribution >= 4 is 11.0 Å². The van der Waals surface area contributed by atoms with Crippen LogP contribution in [0.3, 0.4) is 0 Å². The Labute approximate surface area is 109 Å². The molecule has 5 heteroatoms. The van der Waals surface area contributed by atoms with Gasteiger partial charge in [-0.1, -0.05) is 6.07 Å². The number of rotatable bonds is 1. The summed E-state index contributed by atoms with van der Waals surface area (Å²) < 4.78 is 1.98. The number of nitrogens with zero attached hydrogens (tertiary/aromatic N) is 2. The molecule has 0 radical (unpaired) electrons. The highest BCUT2D eigenvalue weighted by Crippen LogP contribution is 2.26. The fourth-order valence-corrected chi connectivity index (χ4v) is 2.28. The molecular weight excluding hydrogens is 240 g/mol. The molecule has 0 aliphatic carbocycles. The van der Waals surface area contributed by atoms with Gasteiger partial charge in [-0.3, -0.25) is 0 Å². The molecule has 0 spiro atoms. The Hall–Kier alpha value is -2.74. The van der Waals surface area contributed by atoms with Gasteiger partial charge < -0.3 is 14.5 Å². The minimum atomic E-state index is -0.215. The molecule has 0 atom stereocenters. The molecule has 2 heterocycles. The van der Waals surface area contributed by atoms with E-state index in [1.165, 1.54) is 0 Å². The van der Waals surface area contributed by atoms with Crippen LogP contribution in [0.1, 0.15) is 11.3 Å². The number of aromatic nitrogens is 3. The van der Waals surface area contributed by atoms with E-state index in [-0.39, 0.29) is 5.69 Å². The maximum absolute atomic E-state index is 11.2. The van der Waals surface area contributed by atoms with Gasteiger partial charge in [0.2, 0.25) is 0 Å². The minimum Gasteiger partial charge on any atom is -0.347 e. The largest absolute Gasteiger partial charge is 0.347 e. The summed E-state index contributed by atoms with van der Waals surface area (Å²) in [6, 6.07) is 9.74. The number of imidazole rings is 1. The predicted octanol–water partition coefficient (Wildman–Crippen LogP) is 2.04. The molecule has 0 bridgehead atoms. The fraction of sp³-hybridized carbons (Fsp3) is 0.143. The Balaban J connectivity index is 2.24. The van der Waals surface area contributed by atoms with E-state index in [1.807, 2.05) is 42.8 Å². The first-order valence-corrected chi connectivity index (χ1v) is 5.89. The van der Waals surface area contributed by atoms with Gasteiger partial charge in [-0.25, -0.2) is 4.79 Å². The van der Waals surface area contributed by atoms with E-state index in [0.29, 0.717) is 5.56 Å². The van der Waals surface area contributed by atoms with Gasteiger partial charge in [-0.15, -0.1) is 0 Å². The van der Waals surface area contributed by atoms with Crippen LogP contribution in [-0.4, -0.2) is 14.5 Å². The van der Waals surface area contributed by atoms with Gasteiger partial charge in [0.05, 0.1) is 16.6 Å². The van der Waals surface area contributed by atoms with Crippen molar-refractivity contribution in [3.8, 4) is 17.3 Å². The van der Waals surface area contributed by atoms with E-state index in [9.17, 15) is 4.79 Å². The molecule has 0 unspecified atom stereocenters. The second-order valence-electron chi connectivity index (χ2n) is 4.54. The van der Waals surface area contributed by atoms with Crippen LogP contribution < -0.4 is 5.69 Å². The number of aromatic amines is 2. The Kier molecular flexibility index (Phi) is 2.32. The molecule has 0 aliphatic rings. The lowest BCUT2D eigenvalue weighted by molar-refractivity contribution is 0.889. The number of fused-ring (bicyclic) bond motifs is 1. The van der Waals surface area contributed by atoms with Crippen LogP contribution in [0.2, 0.25) is 0 Å². The maximum Gasteiger partial charge on any atom is 0.323 e. The molecule has 3 aromatic rings. The summed E-state index contributed by atoms with van der Waals surface area (Å²) in [7, 11) is 1.93. The van der Waals surface area contributed by atoms with E-state index in [0.717, 1.165) is 28.0 Å². The van der Waals surface area contributed by atoms with E-state index in [1.54, 1.807) is 0 Å². The zero-order valence-corrected chi connectivity index (χ0v) is 10.6. The van der Waals surface area contributed by atoms with Crippen molar-refractivity contribution in [3.05, 3.63) is 46.0 Å². The van der Waals surface area contributed by atoms with Gasteiger partial charge in [0.15, 0.2) is 0 Å². The van der Waals surface area contributed by atoms with E-state index < -0.39 is 0 Å². The molecule has 1 aromatic carbocycles. The summed E-state index contributed by atoms with van der Waals surface area (Å²) in [5.74, 6) is 0. The molecule has 0 fully saturated rings. The number of hydrogen-bond acceptors (Lipinski definition) is 2. The van der Waals surface area contributed by atoms with Gasteiger partial charge in [-0.05, 0) is 25.1 Å². The monoisotopic (exact) mass is 252 g/mol. The third-order valence-corrected chi connectivity index (χ3v) is 3.47. The number of nitrogens with one attached hydrogen (secondary N) is 2. The minimum absolute atomic E-state index is 0.215.